The molecule has 1 fully saturated rings. The van der Waals surface area contributed by atoms with Crippen LogP contribution in [0.25, 0.3) is 39.5 Å². The molecule has 0 aliphatic carbocycles. The summed E-state index contributed by atoms with van der Waals surface area (Å²) in [6.45, 7) is 2.96. The maximum Gasteiger partial charge on any atom is 0.165 e. The van der Waals surface area contributed by atoms with Crippen molar-refractivity contribution < 1.29 is 0 Å². The number of likely N-dealkylation sites (tertiary alicyclic amines) is 1. The fraction of sp³-hybridized carbons (Fsp3) is 0.200. The standard InChI is InChI=1S/C30H28N8/c31-18-20-3-7-22(8-4-20)26-11-12-27-30(35-26)38(29(36-27)25-2-1-15-34-28(25)33)24-9-5-21(6-10-24)19-37-16-13-23(32)14-17-37/h1-12,15,23H,13-14,16-17,19,32H2,(H2,33,34). The average Bonchev–Trinajstić information content (AvgIpc) is 3.33. The van der Waals surface area contributed by atoms with Gasteiger partial charge in [0.2, 0.25) is 0 Å². The van der Waals surface area contributed by atoms with Crippen molar-refractivity contribution in [3.05, 3.63) is 90.1 Å². The zero-order valence-electron chi connectivity index (χ0n) is 21.0. The van der Waals surface area contributed by atoms with Gasteiger partial charge in [-0.3, -0.25) is 9.47 Å². The van der Waals surface area contributed by atoms with Gasteiger partial charge in [0.1, 0.15) is 11.3 Å². The first-order valence-electron chi connectivity index (χ1n) is 12.8. The molecule has 1 saturated heterocycles. The molecule has 0 radical (unpaired) electrons. The number of aromatic nitrogens is 4. The van der Waals surface area contributed by atoms with Crippen molar-refractivity contribution in [2.75, 3.05) is 18.8 Å². The number of rotatable bonds is 5. The van der Waals surface area contributed by atoms with E-state index in [1.165, 1.54) is 5.56 Å². The summed E-state index contributed by atoms with van der Waals surface area (Å²) in [5, 5.41) is 9.16. The monoisotopic (exact) mass is 500 g/mol. The molecule has 0 saturated carbocycles. The van der Waals surface area contributed by atoms with Crippen LogP contribution >= 0.6 is 0 Å². The first-order valence-corrected chi connectivity index (χ1v) is 12.8. The molecule has 1 aliphatic rings. The zero-order chi connectivity index (χ0) is 26.1. The van der Waals surface area contributed by atoms with Crippen LogP contribution in [0, 0.1) is 11.3 Å². The molecule has 6 rings (SSSR count). The number of nitrogens with two attached hydrogens (primary N) is 2. The Morgan fingerprint density at radius 1 is 0.921 bits per heavy atom. The second-order valence-electron chi connectivity index (χ2n) is 9.72. The van der Waals surface area contributed by atoms with Gasteiger partial charge in [0.15, 0.2) is 11.5 Å². The van der Waals surface area contributed by atoms with Crippen LogP contribution in [0.3, 0.4) is 0 Å². The van der Waals surface area contributed by atoms with Crippen LogP contribution in [0.2, 0.25) is 0 Å². The van der Waals surface area contributed by atoms with Gasteiger partial charge in [-0.05, 0) is 80.0 Å². The molecule has 188 valence electrons. The minimum atomic E-state index is 0.322. The predicted octanol–water partition coefficient (Wildman–Crippen LogP) is 4.53. The number of nitriles is 1. The first-order chi connectivity index (χ1) is 18.6. The van der Waals surface area contributed by atoms with Gasteiger partial charge in [-0.1, -0.05) is 24.3 Å². The highest BCUT2D eigenvalue weighted by Crippen LogP contribution is 2.32. The Hall–Kier alpha value is -4.58. The number of piperidine rings is 1. The number of imidazole rings is 1. The second kappa shape index (κ2) is 10.1. The van der Waals surface area contributed by atoms with Crippen molar-refractivity contribution in [3.8, 4) is 34.4 Å². The molecule has 8 nitrogen and oxygen atoms in total. The van der Waals surface area contributed by atoms with Gasteiger partial charge in [0.25, 0.3) is 0 Å². The minimum Gasteiger partial charge on any atom is -0.383 e. The van der Waals surface area contributed by atoms with E-state index in [4.69, 9.17) is 26.7 Å². The molecule has 1 aliphatic heterocycles. The van der Waals surface area contributed by atoms with E-state index in [2.05, 4.69) is 40.2 Å². The number of fused-ring (bicyclic) bond motifs is 1. The third-order valence-electron chi connectivity index (χ3n) is 7.13. The minimum absolute atomic E-state index is 0.322. The Morgan fingerprint density at radius 2 is 1.68 bits per heavy atom. The number of hydrogen-bond acceptors (Lipinski definition) is 7. The Labute approximate surface area is 221 Å². The molecule has 0 atom stereocenters. The van der Waals surface area contributed by atoms with Crippen molar-refractivity contribution >= 4 is 17.0 Å². The van der Waals surface area contributed by atoms with Crippen LogP contribution < -0.4 is 11.5 Å². The summed E-state index contributed by atoms with van der Waals surface area (Å²) in [4.78, 5) is 16.7. The van der Waals surface area contributed by atoms with Crippen molar-refractivity contribution in [3.63, 3.8) is 0 Å². The van der Waals surface area contributed by atoms with Crippen LogP contribution in [-0.2, 0) is 6.54 Å². The van der Waals surface area contributed by atoms with E-state index < -0.39 is 0 Å². The number of anilines is 1. The molecule has 4 heterocycles. The number of nitrogen functional groups attached to an aromatic ring is 1. The van der Waals surface area contributed by atoms with Gasteiger partial charge < -0.3 is 11.5 Å². The summed E-state index contributed by atoms with van der Waals surface area (Å²) in [5.41, 5.74) is 19.1. The first kappa shape index (κ1) is 23.8. The summed E-state index contributed by atoms with van der Waals surface area (Å²) in [5.74, 6) is 1.10. The SMILES string of the molecule is N#Cc1ccc(-c2ccc3nc(-c4cccnc4N)n(-c4ccc(CN5CCC(N)CC5)cc4)c3n2)cc1. The lowest BCUT2D eigenvalue weighted by molar-refractivity contribution is 0.205. The molecular weight excluding hydrogens is 472 g/mol. The maximum atomic E-state index is 9.16. The Morgan fingerprint density at radius 3 is 2.39 bits per heavy atom. The highest BCUT2D eigenvalue weighted by Gasteiger charge is 2.20. The van der Waals surface area contributed by atoms with E-state index in [1.54, 1.807) is 18.3 Å². The fourth-order valence-electron chi connectivity index (χ4n) is 4.99. The van der Waals surface area contributed by atoms with Crippen LogP contribution in [0.15, 0.2) is 79.0 Å². The van der Waals surface area contributed by atoms with E-state index in [1.807, 2.05) is 41.0 Å². The third-order valence-corrected chi connectivity index (χ3v) is 7.13. The molecule has 38 heavy (non-hydrogen) atoms. The molecule has 8 heteroatoms. The lowest BCUT2D eigenvalue weighted by Crippen LogP contribution is -2.39. The Bertz CT molecular complexity index is 1620. The van der Waals surface area contributed by atoms with Gasteiger partial charge in [-0.15, -0.1) is 0 Å². The predicted molar refractivity (Wildman–Crippen MR) is 149 cm³/mol. The molecule has 0 bridgehead atoms. The van der Waals surface area contributed by atoms with Gasteiger partial charge >= 0.3 is 0 Å². The summed E-state index contributed by atoms with van der Waals surface area (Å²) in [6.07, 6.45) is 3.76. The summed E-state index contributed by atoms with van der Waals surface area (Å²) in [7, 11) is 0. The normalized spacial score (nSPS) is 14.5. The van der Waals surface area contributed by atoms with Gasteiger partial charge in [0, 0.05) is 30.0 Å². The van der Waals surface area contributed by atoms with E-state index in [0.29, 0.717) is 23.2 Å². The molecular formula is C30H28N8. The van der Waals surface area contributed by atoms with E-state index in [0.717, 1.165) is 66.1 Å². The molecule has 0 spiro atoms. The molecule has 3 aromatic heterocycles. The molecule has 0 unspecified atom stereocenters. The van der Waals surface area contributed by atoms with E-state index in [-0.39, 0.29) is 0 Å². The summed E-state index contributed by atoms with van der Waals surface area (Å²) < 4.78 is 2.04. The topological polar surface area (TPSA) is 123 Å². The number of pyridine rings is 2. The molecule has 0 amide bonds. The van der Waals surface area contributed by atoms with E-state index >= 15 is 0 Å². The van der Waals surface area contributed by atoms with Crippen molar-refractivity contribution in [1.29, 1.82) is 5.26 Å². The molecule has 5 aromatic rings. The molecule has 4 N–H and O–H groups in total. The Balaban J connectivity index is 1.43. The number of hydrogen-bond donors (Lipinski definition) is 2. The van der Waals surface area contributed by atoms with Gasteiger partial charge in [-0.2, -0.15) is 5.26 Å². The molecule has 2 aromatic carbocycles. The van der Waals surface area contributed by atoms with Crippen molar-refractivity contribution in [1.82, 2.24) is 24.4 Å². The highest BCUT2D eigenvalue weighted by molar-refractivity contribution is 5.84. The van der Waals surface area contributed by atoms with Gasteiger partial charge in [-0.25, -0.2) is 15.0 Å². The smallest absolute Gasteiger partial charge is 0.165 e. The quantitative estimate of drug-likeness (QED) is 0.363. The highest BCUT2D eigenvalue weighted by atomic mass is 15.1. The summed E-state index contributed by atoms with van der Waals surface area (Å²) in [6, 6.07) is 26.2. The third kappa shape index (κ3) is 4.61. The zero-order valence-corrected chi connectivity index (χ0v) is 21.0. The van der Waals surface area contributed by atoms with Gasteiger partial charge in [0.05, 0.1) is 22.9 Å². The number of benzene rings is 2. The van der Waals surface area contributed by atoms with E-state index in [9.17, 15) is 0 Å². The van der Waals surface area contributed by atoms with Crippen molar-refractivity contribution in [2.24, 2.45) is 5.73 Å². The lowest BCUT2D eigenvalue weighted by atomic mass is 10.1. The van der Waals surface area contributed by atoms with Crippen molar-refractivity contribution in [2.45, 2.75) is 25.4 Å². The van der Waals surface area contributed by atoms with Crippen LogP contribution in [-0.4, -0.2) is 43.6 Å². The van der Waals surface area contributed by atoms with Crippen LogP contribution in [0.4, 0.5) is 5.82 Å². The average molecular weight is 501 g/mol. The second-order valence-corrected chi connectivity index (χ2v) is 9.72. The number of nitrogens with zero attached hydrogens (tertiary/aromatic N) is 6. The Kier molecular flexibility index (Phi) is 6.30. The van der Waals surface area contributed by atoms with Crippen LogP contribution in [0.1, 0.15) is 24.0 Å². The van der Waals surface area contributed by atoms with Crippen LogP contribution in [0.5, 0.6) is 0 Å². The lowest BCUT2D eigenvalue weighted by Gasteiger charge is -2.30. The maximum absolute atomic E-state index is 9.16. The summed E-state index contributed by atoms with van der Waals surface area (Å²) >= 11 is 0. The largest absolute Gasteiger partial charge is 0.383 e. The fourth-order valence-corrected chi connectivity index (χ4v) is 4.99.